The maximum Gasteiger partial charge on any atom is 0.349 e. The van der Waals surface area contributed by atoms with Crippen LogP contribution in [0, 0.1) is 0 Å². The lowest BCUT2D eigenvalue weighted by atomic mass is 9.97. The van der Waals surface area contributed by atoms with Crippen LogP contribution in [0.1, 0.15) is 48.3 Å². The molecule has 0 bridgehead atoms. The molecule has 4 nitrogen and oxygen atoms in total. The van der Waals surface area contributed by atoms with Crippen LogP contribution in [0.15, 0.2) is 40.2 Å². The van der Waals surface area contributed by atoms with Crippen molar-refractivity contribution in [2.75, 3.05) is 5.32 Å². The number of nitrogens with one attached hydrogen (secondary N) is 1. The lowest BCUT2D eigenvalue weighted by molar-refractivity contribution is -0.123. The second-order valence-electron chi connectivity index (χ2n) is 5.54. The standard InChI is InChI=1S/C18H20BrNO3S/c1-4-11(2)13-7-5-6-8-14(13)20-17(21)12(3)23-18(22)15-9-10-16(19)24-15/h5-12H,4H2,1-3H3,(H,20,21). The van der Waals surface area contributed by atoms with Crippen LogP contribution in [0.4, 0.5) is 5.69 Å². The van der Waals surface area contributed by atoms with E-state index < -0.39 is 12.1 Å². The Kier molecular flexibility index (Phi) is 6.57. The van der Waals surface area contributed by atoms with Gasteiger partial charge in [0.15, 0.2) is 6.10 Å². The van der Waals surface area contributed by atoms with Crippen LogP contribution in [-0.2, 0) is 9.53 Å². The number of esters is 1. The van der Waals surface area contributed by atoms with Crippen molar-refractivity contribution in [2.24, 2.45) is 0 Å². The molecule has 0 aliphatic heterocycles. The zero-order chi connectivity index (χ0) is 17.7. The highest BCUT2D eigenvalue weighted by atomic mass is 79.9. The largest absolute Gasteiger partial charge is 0.448 e. The molecule has 1 aromatic carbocycles. The SMILES string of the molecule is CCC(C)c1ccccc1NC(=O)C(C)OC(=O)c1ccc(Br)s1. The van der Waals surface area contributed by atoms with Gasteiger partial charge in [-0.1, -0.05) is 32.0 Å². The van der Waals surface area contributed by atoms with Crippen molar-refractivity contribution in [1.29, 1.82) is 0 Å². The summed E-state index contributed by atoms with van der Waals surface area (Å²) in [5, 5.41) is 2.87. The first-order valence-corrected chi connectivity index (χ1v) is 9.39. The maximum atomic E-state index is 12.4. The minimum atomic E-state index is -0.872. The third-order valence-corrected chi connectivity index (χ3v) is 5.39. The van der Waals surface area contributed by atoms with Crippen molar-refractivity contribution in [1.82, 2.24) is 0 Å². The molecule has 0 saturated carbocycles. The van der Waals surface area contributed by atoms with E-state index in [0.717, 1.165) is 21.5 Å². The average molecular weight is 410 g/mol. The highest BCUT2D eigenvalue weighted by molar-refractivity contribution is 9.11. The summed E-state index contributed by atoms with van der Waals surface area (Å²) in [6.07, 6.45) is 0.105. The molecule has 0 aliphatic carbocycles. The van der Waals surface area contributed by atoms with Crippen molar-refractivity contribution in [2.45, 2.75) is 39.2 Å². The van der Waals surface area contributed by atoms with Gasteiger partial charge in [0.05, 0.1) is 3.79 Å². The normalized spacial score (nSPS) is 13.2. The topological polar surface area (TPSA) is 55.4 Å². The van der Waals surface area contributed by atoms with Gasteiger partial charge in [-0.15, -0.1) is 11.3 Å². The Hall–Kier alpha value is -1.66. The number of benzene rings is 1. The van der Waals surface area contributed by atoms with E-state index in [0.29, 0.717) is 10.8 Å². The van der Waals surface area contributed by atoms with E-state index in [-0.39, 0.29) is 5.91 Å². The molecule has 2 unspecified atom stereocenters. The second kappa shape index (κ2) is 8.44. The molecular formula is C18H20BrNO3S. The molecule has 128 valence electrons. The number of para-hydroxylation sites is 1. The number of anilines is 1. The lowest BCUT2D eigenvalue weighted by Gasteiger charge is -2.18. The van der Waals surface area contributed by atoms with Crippen LogP contribution >= 0.6 is 27.3 Å². The van der Waals surface area contributed by atoms with Gasteiger partial charge in [0.1, 0.15) is 4.88 Å². The smallest absolute Gasteiger partial charge is 0.349 e. The number of carbonyl (C=O) groups excluding carboxylic acids is 2. The summed E-state index contributed by atoms with van der Waals surface area (Å²) in [5.41, 5.74) is 1.84. The Labute approximate surface area is 154 Å². The molecular weight excluding hydrogens is 390 g/mol. The van der Waals surface area contributed by atoms with Crippen LogP contribution < -0.4 is 5.32 Å². The van der Waals surface area contributed by atoms with Gasteiger partial charge < -0.3 is 10.1 Å². The van der Waals surface area contributed by atoms with Gasteiger partial charge in [-0.05, 0) is 59.0 Å². The molecule has 0 fully saturated rings. The molecule has 1 amide bonds. The number of amides is 1. The molecule has 0 spiro atoms. The zero-order valence-corrected chi connectivity index (χ0v) is 16.2. The predicted molar refractivity (Wildman–Crippen MR) is 101 cm³/mol. The summed E-state index contributed by atoms with van der Waals surface area (Å²) >= 11 is 4.57. The van der Waals surface area contributed by atoms with E-state index in [4.69, 9.17) is 4.74 Å². The van der Waals surface area contributed by atoms with Crippen molar-refractivity contribution < 1.29 is 14.3 Å². The first-order valence-electron chi connectivity index (χ1n) is 7.78. The Bertz CT molecular complexity index is 729. The van der Waals surface area contributed by atoms with Gasteiger partial charge in [-0.2, -0.15) is 0 Å². The molecule has 0 aliphatic rings. The molecule has 2 rings (SSSR count). The molecule has 2 atom stereocenters. The van der Waals surface area contributed by atoms with Gasteiger partial charge >= 0.3 is 5.97 Å². The summed E-state index contributed by atoms with van der Waals surface area (Å²) in [7, 11) is 0. The third kappa shape index (κ3) is 4.68. The van der Waals surface area contributed by atoms with E-state index in [9.17, 15) is 9.59 Å². The lowest BCUT2D eigenvalue weighted by Crippen LogP contribution is -2.30. The van der Waals surface area contributed by atoms with Crippen molar-refractivity contribution in [3.05, 3.63) is 50.6 Å². The summed E-state index contributed by atoms with van der Waals surface area (Å²) in [5.74, 6) is -0.499. The summed E-state index contributed by atoms with van der Waals surface area (Å²) in [6, 6.07) is 11.1. The monoisotopic (exact) mass is 409 g/mol. The first kappa shape index (κ1) is 18.7. The van der Waals surface area contributed by atoms with Crippen molar-refractivity contribution in [3.63, 3.8) is 0 Å². The second-order valence-corrected chi connectivity index (χ2v) is 8.00. The number of ether oxygens (including phenoxy) is 1. The zero-order valence-electron chi connectivity index (χ0n) is 13.8. The average Bonchev–Trinajstić information content (AvgIpc) is 3.01. The molecule has 1 N–H and O–H groups in total. The third-order valence-electron chi connectivity index (χ3n) is 3.79. The molecule has 1 heterocycles. The fraction of sp³-hybridized carbons (Fsp3) is 0.333. The van der Waals surface area contributed by atoms with Crippen LogP contribution in [0.25, 0.3) is 0 Å². The van der Waals surface area contributed by atoms with Crippen molar-refractivity contribution >= 4 is 44.8 Å². The van der Waals surface area contributed by atoms with Gasteiger partial charge in [0.2, 0.25) is 0 Å². The molecule has 2 aromatic rings. The predicted octanol–water partition coefficient (Wildman–Crippen LogP) is 5.21. The number of thiophene rings is 1. The fourth-order valence-electron chi connectivity index (χ4n) is 2.19. The number of rotatable bonds is 6. The number of hydrogen-bond donors (Lipinski definition) is 1. The van der Waals surface area contributed by atoms with Gasteiger partial charge in [-0.3, -0.25) is 4.79 Å². The molecule has 24 heavy (non-hydrogen) atoms. The highest BCUT2D eigenvalue weighted by Crippen LogP contribution is 2.27. The van der Waals surface area contributed by atoms with Gasteiger partial charge in [0.25, 0.3) is 5.91 Å². The van der Waals surface area contributed by atoms with Crippen LogP contribution in [0.5, 0.6) is 0 Å². The summed E-state index contributed by atoms with van der Waals surface area (Å²) < 4.78 is 6.09. The quantitative estimate of drug-likeness (QED) is 0.666. The molecule has 0 saturated heterocycles. The Morgan fingerprint density at radius 2 is 1.92 bits per heavy atom. The molecule has 6 heteroatoms. The van der Waals surface area contributed by atoms with E-state index in [2.05, 4.69) is 35.1 Å². The van der Waals surface area contributed by atoms with E-state index in [1.54, 1.807) is 19.1 Å². The van der Waals surface area contributed by atoms with Crippen molar-refractivity contribution in [3.8, 4) is 0 Å². The van der Waals surface area contributed by atoms with E-state index in [1.165, 1.54) is 11.3 Å². The number of hydrogen-bond acceptors (Lipinski definition) is 4. The number of carbonyl (C=O) groups is 2. The Morgan fingerprint density at radius 1 is 1.21 bits per heavy atom. The summed E-state index contributed by atoms with van der Waals surface area (Å²) in [4.78, 5) is 24.8. The highest BCUT2D eigenvalue weighted by Gasteiger charge is 2.21. The molecule has 1 aromatic heterocycles. The van der Waals surface area contributed by atoms with Gasteiger partial charge in [-0.25, -0.2) is 4.79 Å². The Morgan fingerprint density at radius 3 is 2.54 bits per heavy atom. The van der Waals surface area contributed by atoms with Gasteiger partial charge in [0, 0.05) is 5.69 Å². The Balaban J connectivity index is 2.03. The van der Waals surface area contributed by atoms with E-state index in [1.807, 2.05) is 24.3 Å². The van der Waals surface area contributed by atoms with Crippen LogP contribution in [0.2, 0.25) is 0 Å². The maximum absolute atomic E-state index is 12.4. The first-order chi connectivity index (χ1) is 11.4. The van der Waals surface area contributed by atoms with E-state index >= 15 is 0 Å². The number of halogens is 1. The minimum absolute atomic E-state index is 0.336. The van der Waals surface area contributed by atoms with Crippen LogP contribution in [-0.4, -0.2) is 18.0 Å². The molecule has 0 radical (unpaired) electrons. The minimum Gasteiger partial charge on any atom is -0.448 e. The van der Waals surface area contributed by atoms with Crippen LogP contribution in [0.3, 0.4) is 0 Å². The fourth-order valence-corrected chi connectivity index (χ4v) is 3.46. The summed E-state index contributed by atoms with van der Waals surface area (Å²) in [6.45, 7) is 5.79.